The van der Waals surface area contributed by atoms with Crippen LogP contribution in [0.25, 0.3) is 20.4 Å². The molecule has 0 spiro atoms. The van der Waals surface area contributed by atoms with Crippen LogP contribution < -0.4 is 162 Å². The number of ketones is 2. The van der Waals surface area contributed by atoms with Crippen LogP contribution in [0.1, 0.15) is 95.4 Å². The number of aromatic nitrogens is 2. The minimum absolute atomic E-state index is 0. The average molecular weight is 1280 g/mol. The fraction of sp³-hybridized carbons (Fsp3) is 0.512. The minimum Gasteiger partial charge on any atom is -1.00 e. The predicted molar refractivity (Wildman–Crippen MR) is 243 cm³/mol. The molecule has 3 atom stereocenters. The van der Waals surface area contributed by atoms with Gasteiger partial charge in [-0.2, -0.15) is 0 Å². The van der Waals surface area contributed by atoms with Crippen LogP contribution in [0.5, 0.6) is 23.3 Å². The zero-order valence-corrected chi connectivity index (χ0v) is 56.5. The van der Waals surface area contributed by atoms with Crippen LogP contribution in [-0.4, -0.2) is 111 Å². The van der Waals surface area contributed by atoms with Crippen molar-refractivity contribution in [3.8, 4) is 23.3 Å². The number of halogens is 1. The van der Waals surface area contributed by atoms with Gasteiger partial charge in [0, 0.05) is 12.1 Å². The number of carbonyl (C=O) groups is 7. The van der Waals surface area contributed by atoms with E-state index in [0.29, 0.717) is 38.0 Å². The monoisotopic (exact) mass is 1280 g/mol. The Hall–Kier alpha value is -1.35. The number of ether oxygens (including phenoxy) is 8. The van der Waals surface area contributed by atoms with E-state index < -0.39 is 46.7 Å². The van der Waals surface area contributed by atoms with E-state index >= 15 is 0 Å². The molecule has 0 N–H and O–H groups in total. The van der Waals surface area contributed by atoms with Crippen LogP contribution in [-0.2, 0) is 47.8 Å². The molecular weight excluding hydrogens is 1230 g/mol. The number of hydrogen-bond acceptors (Lipinski definition) is 21. The van der Waals surface area contributed by atoms with E-state index in [4.69, 9.17) is 43.2 Å². The van der Waals surface area contributed by atoms with Crippen LogP contribution in [0.2, 0.25) is 0 Å². The molecular formula is C43H57BrCs2N2O17S2. The van der Waals surface area contributed by atoms with Crippen molar-refractivity contribution >= 4 is 101 Å². The van der Waals surface area contributed by atoms with Crippen molar-refractivity contribution in [2.75, 3.05) is 42.7 Å². The molecule has 19 nitrogen and oxygen atoms in total. The van der Waals surface area contributed by atoms with Crippen molar-refractivity contribution in [3.63, 3.8) is 0 Å². The number of hydrogen-bond donors (Lipinski definition) is 0. The Morgan fingerprint density at radius 3 is 1.46 bits per heavy atom. The molecule has 4 aromatic rings. The molecule has 0 aliphatic rings. The van der Waals surface area contributed by atoms with Gasteiger partial charge in [-0.3, -0.25) is 33.6 Å². The maximum Gasteiger partial charge on any atom is 1.00 e. The molecule has 3 unspecified atom stereocenters. The number of Topliss-reactive ketones (excluding diaryl/α,β-unsaturated/α-hetero) is 2. The van der Waals surface area contributed by atoms with Crippen LogP contribution in [0.15, 0.2) is 24.3 Å². The number of pyridine rings is 2. The van der Waals surface area contributed by atoms with Crippen molar-refractivity contribution in [3.05, 3.63) is 34.0 Å². The maximum atomic E-state index is 13.4. The molecule has 0 bridgehead atoms. The largest absolute Gasteiger partial charge is 1.00 e. The van der Waals surface area contributed by atoms with Gasteiger partial charge in [-0.1, -0.05) is 29.8 Å². The van der Waals surface area contributed by atoms with Gasteiger partial charge in [0.25, 0.3) is 18.2 Å². The number of esters is 4. The third kappa shape index (κ3) is 22.7. The zero-order valence-electron chi connectivity index (χ0n) is 41.8. The summed E-state index contributed by atoms with van der Waals surface area (Å²) in [6, 6.07) is 6.69. The summed E-state index contributed by atoms with van der Waals surface area (Å²) >= 11 is 5.54. The fourth-order valence-electron chi connectivity index (χ4n) is 5.26. The fourth-order valence-corrected chi connectivity index (χ4v) is 7.43. The summed E-state index contributed by atoms with van der Waals surface area (Å²) < 4.78 is 42.1. The number of fused-ring (bicyclic) bond motifs is 2. The molecule has 4 aromatic heterocycles. The van der Waals surface area contributed by atoms with E-state index in [1.165, 1.54) is 54.0 Å². The summed E-state index contributed by atoms with van der Waals surface area (Å²) in [5, 5.41) is 8.43. The van der Waals surface area contributed by atoms with Gasteiger partial charge in [-0.15, -0.1) is 22.7 Å². The SMILES string of the molecule is CCC(Br)C(=O)OC.CCC(C(=O)OC)C(C(=O)OC(C)(C)C)C(=O)c1cc2nc(OC)c(OC)cc2s1.COc1cc2sc(C(=O)CC(=O)OC(C)(C)C)cc2nc1OC.O=CO[O-].[Cs+].[Cs+].[H-]. The van der Waals surface area contributed by atoms with Gasteiger partial charge in [-0.05, 0) is 66.5 Å². The Kier molecular flexibility index (Phi) is 33.7. The first-order valence-corrected chi connectivity index (χ1v) is 22.1. The van der Waals surface area contributed by atoms with Gasteiger partial charge in [0.2, 0.25) is 0 Å². The number of methoxy groups -OCH3 is 6. The molecule has 362 valence electrons. The molecule has 0 saturated heterocycles. The molecule has 67 heavy (non-hydrogen) atoms. The Morgan fingerprint density at radius 2 is 1.12 bits per heavy atom. The molecule has 0 aromatic carbocycles. The third-order valence-corrected chi connectivity index (χ3v) is 11.3. The van der Waals surface area contributed by atoms with E-state index in [1.54, 1.807) is 72.7 Å². The molecule has 4 rings (SSSR count). The van der Waals surface area contributed by atoms with Crippen molar-refractivity contribution in [2.45, 2.75) is 90.7 Å². The molecule has 0 radical (unpaired) electrons. The second kappa shape index (κ2) is 33.3. The zero-order chi connectivity index (χ0) is 49.8. The molecule has 0 saturated carbocycles. The van der Waals surface area contributed by atoms with Gasteiger partial charge >= 0.3 is 162 Å². The van der Waals surface area contributed by atoms with Crippen molar-refractivity contribution in [2.24, 2.45) is 11.8 Å². The number of thiophene rings is 2. The van der Waals surface area contributed by atoms with E-state index in [9.17, 15) is 28.8 Å². The molecule has 24 heteroatoms. The first kappa shape index (κ1) is 67.7. The van der Waals surface area contributed by atoms with E-state index in [0.717, 1.165) is 22.5 Å². The number of carbonyl (C=O) groups excluding carboxylic acids is 7. The second-order valence-corrected chi connectivity index (χ2v) is 18.4. The summed E-state index contributed by atoms with van der Waals surface area (Å²) in [4.78, 5) is 93.6. The minimum atomic E-state index is -1.32. The Labute approximate surface area is 525 Å². The topological polar surface area (TPSA) is 251 Å². The summed E-state index contributed by atoms with van der Waals surface area (Å²) in [7, 11) is 8.59. The Morgan fingerprint density at radius 1 is 0.687 bits per heavy atom. The van der Waals surface area contributed by atoms with Crippen molar-refractivity contribution in [1.82, 2.24) is 9.97 Å². The molecule has 0 aliphatic carbocycles. The van der Waals surface area contributed by atoms with Crippen molar-refractivity contribution < 1.29 is 221 Å². The third-order valence-electron chi connectivity index (χ3n) is 8.08. The predicted octanol–water partition coefficient (Wildman–Crippen LogP) is 0.769. The summed E-state index contributed by atoms with van der Waals surface area (Å²) in [6.07, 6.45) is 0.720. The number of rotatable bonds is 16. The summed E-state index contributed by atoms with van der Waals surface area (Å²) in [6.45, 7) is 13.8. The van der Waals surface area contributed by atoms with Crippen LogP contribution >= 0.6 is 38.6 Å². The normalized spacial score (nSPS) is 11.8. The summed E-state index contributed by atoms with van der Waals surface area (Å²) in [5.41, 5.74) is -0.276. The quantitative estimate of drug-likeness (QED) is 0.0220. The van der Waals surface area contributed by atoms with Crippen LogP contribution in [0, 0.1) is 11.8 Å². The van der Waals surface area contributed by atoms with Gasteiger partial charge in [0.15, 0.2) is 23.1 Å². The first-order valence-electron chi connectivity index (χ1n) is 19.5. The molecule has 0 amide bonds. The maximum absolute atomic E-state index is 13.4. The molecule has 0 aliphatic heterocycles. The van der Waals surface area contributed by atoms with Gasteiger partial charge < -0.3 is 49.5 Å². The van der Waals surface area contributed by atoms with Gasteiger partial charge in [0.05, 0.1) is 78.8 Å². The summed E-state index contributed by atoms with van der Waals surface area (Å²) in [5.74, 6) is -3.66. The Balaban J connectivity index is -0.000000983. The van der Waals surface area contributed by atoms with E-state index in [2.05, 4.69) is 35.5 Å². The Bertz CT molecular complexity index is 2180. The van der Waals surface area contributed by atoms with Gasteiger partial charge in [-0.25, -0.2) is 9.97 Å². The van der Waals surface area contributed by atoms with Crippen LogP contribution in [0.4, 0.5) is 0 Å². The standard InChI is InChI=1S/C21H27NO7S.C16H19NO5S.C5H9BrO2.CH2O3.2Cs.H/c1-8-11(19(24)28-7)16(20(25)29-21(2,3)4)17(23)15-9-12-14(30-15)10-13(26-5)18(22-12)27-6;1-16(2,3)22-14(19)7-10(18)13-6-9-12(23-13)8-11(20-4)15(17-9)21-5;1-3-4(6)5(7)8-2;2-1-4-3;;;/h9-11,16H,8H2,1-7H3;6,8H,7H2,1-5H3;4H,3H2,1-2H3;1,3H;;;/q;;;;2*+1;-1/p-1. The number of nitrogens with zero attached hydrogens (tertiary/aromatic N) is 2. The average Bonchev–Trinajstić information content (AvgIpc) is 3.89. The van der Waals surface area contributed by atoms with Crippen molar-refractivity contribution in [1.29, 1.82) is 0 Å². The smallest absolute Gasteiger partial charge is 1.00 e. The first-order chi connectivity index (χ1) is 30.4. The number of alkyl halides is 1. The second-order valence-electron chi connectivity index (χ2n) is 15.1. The van der Waals surface area contributed by atoms with E-state index in [1.807, 2.05) is 6.92 Å². The molecule has 4 heterocycles. The molecule has 0 fully saturated rings. The van der Waals surface area contributed by atoms with Crippen LogP contribution in [0.3, 0.4) is 0 Å². The van der Waals surface area contributed by atoms with E-state index in [-0.39, 0.29) is 186 Å². The van der Waals surface area contributed by atoms with Gasteiger partial charge in [0.1, 0.15) is 28.4 Å².